The predicted octanol–water partition coefficient (Wildman–Crippen LogP) is 1.61. The highest BCUT2D eigenvalue weighted by atomic mass is 15.2. The molecule has 2 fully saturated rings. The Hall–Kier alpha value is -0.590. The maximum Gasteiger partial charge on any atom is 0.108 e. The summed E-state index contributed by atoms with van der Waals surface area (Å²) < 4.78 is 0. The Kier molecular flexibility index (Phi) is 4.20. The molecule has 0 bridgehead atoms. The fourth-order valence-corrected chi connectivity index (χ4v) is 2.21. The van der Waals surface area contributed by atoms with Gasteiger partial charge in [0, 0.05) is 19.6 Å². The highest BCUT2D eigenvalue weighted by molar-refractivity contribution is 4.93. The van der Waals surface area contributed by atoms with Crippen LogP contribution in [0.1, 0.15) is 32.6 Å². The van der Waals surface area contributed by atoms with E-state index in [2.05, 4.69) is 23.2 Å². The van der Waals surface area contributed by atoms with Gasteiger partial charge in [-0.2, -0.15) is 5.26 Å². The van der Waals surface area contributed by atoms with Crippen molar-refractivity contribution in [2.24, 2.45) is 11.8 Å². The van der Waals surface area contributed by atoms with Crippen LogP contribution < -0.4 is 5.32 Å². The lowest BCUT2D eigenvalue weighted by atomic mass is 10.2. The second-order valence-electron chi connectivity index (χ2n) is 5.34. The monoisotopic (exact) mass is 221 g/mol. The zero-order valence-corrected chi connectivity index (χ0v) is 10.3. The molecule has 0 spiro atoms. The molecule has 0 heterocycles. The minimum atomic E-state index is 0.0162. The van der Waals surface area contributed by atoms with E-state index in [4.69, 9.17) is 5.26 Å². The van der Waals surface area contributed by atoms with Gasteiger partial charge < -0.3 is 10.2 Å². The van der Waals surface area contributed by atoms with Crippen molar-refractivity contribution in [3.8, 4) is 6.07 Å². The Labute approximate surface area is 98.8 Å². The van der Waals surface area contributed by atoms with Gasteiger partial charge in [0.2, 0.25) is 0 Å². The van der Waals surface area contributed by atoms with Crippen LogP contribution in [0.4, 0.5) is 0 Å². The molecule has 3 nitrogen and oxygen atoms in total. The zero-order valence-electron chi connectivity index (χ0n) is 10.3. The first-order valence-corrected chi connectivity index (χ1v) is 6.67. The van der Waals surface area contributed by atoms with E-state index < -0.39 is 0 Å². The van der Waals surface area contributed by atoms with Crippen molar-refractivity contribution in [1.82, 2.24) is 10.2 Å². The van der Waals surface area contributed by atoms with Crippen molar-refractivity contribution >= 4 is 0 Å². The van der Waals surface area contributed by atoms with Gasteiger partial charge >= 0.3 is 0 Å². The van der Waals surface area contributed by atoms with Gasteiger partial charge in [-0.3, -0.25) is 0 Å². The number of nitriles is 1. The summed E-state index contributed by atoms with van der Waals surface area (Å²) in [7, 11) is 0. The third-order valence-electron chi connectivity index (χ3n) is 3.47. The zero-order chi connectivity index (χ0) is 11.4. The molecule has 0 aromatic rings. The summed E-state index contributed by atoms with van der Waals surface area (Å²) in [5.41, 5.74) is 0. The van der Waals surface area contributed by atoms with E-state index in [0.717, 1.165) is 24.9 Å². The van der Waals surface area contributed by atoms with E-state index in [0.29, 0.717) is 0 Å². The lowest BCUT2D eigenvalue weighted by molar-refractivity contribution is 0.239. The summed E-state index contributed by atoms with van der Waals surface area (Å²) in [5.74, 6) is 1.86. The lowest BCUT2D eigenvalue weighted by Crippen LogP contribution is -2.41. The molecule has 0 aromatic carbocycles. The molecule has 2 aliphatic carbocycles. The van der Waals surface area contributed by atoms with Gasteiger partial charge in [-0.05, 0) is 44.1 Å². The summed E-state index contributed by atoms with van der Waals surface area (Å²) in [6.45, 7) is 6.31. The second kappa shape index (κ2) is 5.65. The van der Waals surface area contributed by atoms with Crippen LogP contribution in [-0.4, -0.2) is 37.1 Å². The average Bonchev–Trinajstić information content (AvgIpc) is 3.12. The number of nitrogens with one attached hydrogen (secondary N) is 1. The molecule has 0 aliphatic heterocycles. The smallest absolute Gasteiger partial charge is 0.108 e. The molecule has 0 radical (unpaired) electrons. The molecule has 2 saturated carbocycles. The van der Waals surface area contributed by atoms with E-state index in [1.165, 1.54) is 38.8 Å². The van der Waals surface area contributed by atoms with Crippen molar-refractivity contribution < 1.29 is 0 Å². The maximum absolute atomic E-state index is 9.07. The summed E-state index contributed by atoms with van der Waals surface area (Å²) in [6, 6.07) is 2.38. The van der Waals surface area contributed by atoms with Gasteiger partial charge in [-0.15, -0.1) is 0 Å². The van der Waals surface area contributed by atoms with Gasteiger partial charge in [-0.25, -0.2) is 0 Å². The number of rotatable bonds is 8. The summed E-state index contributed by atoms with van der Waals surface area (Å²) >= 11 is 0. The molecule has 1 unspecified atom stereocenters. The van der Waals surface area contributed by atoms with Crippen molar-refractivity contribution in [3.63, 3.8) is 0 Å². The molecule has 2 rings (SSSR count). The number of likely N-dealkylation sites (N-methyl/N-ethyl adjacent to an activating group) is 1. The van der Waals surface area contributed by atoms with Gasteiger partial charge in [-0.1, -0.05) is 6.92 Å². The van der Waals surface area contributed by atoms with E-state index in [1.54, 1.807) is 0 Å². The van der Waals surface area contributed by atoms with Gasteiger partial charge in [0.15, 0.2) is 0 Å². The van der Waals surface area contributed by atoms with Crippen LogP contribution in [-0.2, 0) is 0 Å². The Bertz CT molecular complexity index is 236. The van der Waals surface area contributed by atoms with Crippen LogP contribution in [0.3, 0.4) is 0 Å². The molecule has 0 aromatic heterocycles. The van der Waals surface area contributed by atoms with Crippen LogP contribution in [0.5, 0.6) is 0 Å². The third-order valence-corrected chi connectivity index (χ3v) is 3.47. The van der Waals surface area contributed by atoms with Gasteiger partial charge in [0.25, 0.3) is 0 Å². The number of hydrogen-bond donors (Lipinski definition) is 1. The lowest BCUT2D eigenvalue weighted by Gasteiger charge is -2.24. The highest BCUT2D eigenvalue weighted by Crippen LogP contribution is 2.33. The molecule has 16 heavy (non-hydrogen) atoms. The van der Waals surface area contributed by atoms with Gasteiger partial charge in [0.05, 0.1) is 6.07 Å². The first-order chi connectivity index (χ1) is 7.81. The quantitative estimate of drug-likeness (QED) is 0.677. The first-order valence-electron chi connectivity index (χ1n) is 6.67. The Balaban J connectivity index is 1.76. The minimum absolute atomic E-state index is 0.0162. The Morgan fingerprint density at radius 1 is 1.25 bits per heavy atom. The molecule has 2 aliphatic rings. The van der Waals surface area contributed by atoms with E-state index in [1.807, 2.05) is 0 Å². The average molecular weight is 221 g/mol. The van der Waals surface area contributed by atoms with Crippen molar-refractivity contribution in [2.45, 2.75) is 38.6 Å². The van der Waals surface area contributed by atoms with Crippen molar-refractivity contribution in [3.05, 3.63) is 0 Å². The number of nitrogens with zero attached hydrogens (tertiary/aromatic N) is 2. The van der Waals surface area contributed by atoms with Crippen LogP contribution in [0, 0.1) is 23.2 Å². The summed E-state index contributed by atoms with van der Waals surface area (Å²) in [4.78, 5) is 2.52. The van der Waals surface area contributed by atoms with Crippen molar-refractivity contribution in [1.29, 1.82) is 5.26 Å². The van der Waals surface area contributed by atoms with Crippen LogP contribution in [0.15, 0.2) is 0 Å². The normalized spacial score (nSPS) is 22.1. The van der Waals surface area contributed by atoms with E-state index >= 15 is 0 Å². The van der Waals surface area contributed by atoms with Crippen LogP contribution in [0.2, 0.25) is 0 Å². The highest BCUT2D eigenvalue weighted by Gasteiger charge is 2.30. The molecule has 0 amide bonds. The molecular formula is C13H23N3. The molecule has 0 saturated heterocycles. The molecule has 1 N–H and O–H groups in total. The molecule has 3 heteroatoms. The fraction of sp³-hybridized carbons (Fsp3) is 0.923. The van der Waals surface area contributed by atoms with Crippen molar-refractivity contribution in [2.75, 3.05) is 26.2 Å². The maximum atomic E-state index is 9.07. The second-order valence-corrected chi connectivity index (χ2v) is 5.34. The Morgan fingerprint density at radius 2 is 1.81 bits per heavy atom. The standard InChI is InChI=1S/C13H23N3/c1-2-15-13(7-14)10-16(8-11-3-4-11)9-12-5-6-12/h11-13,15H,2-6,8-10H2,1H3. The number of hydrogen-bond acceptors (Lipinski definition) is 3. The predicted molar refractivity (Wildman–Crippen MR) is 65.0 cm³/mol. The van der Waals surface area contributed by atoms with E-state index in [9.17, 15) is 0 Å². The van der Waals surface area contributed by atoms with Gasteiger partial charge in [0.1, 0.15) is 6.04 Å². The third kappa shape index (κ3) is 4.11. The van der Waals surface area contributed by atoms with Crippen LogP contribution >= 0.6 is 0 Å². The first kappa shape index (κ1) is 11.9. The summed E-state index contributed by atoms with van der Waals surface area (Å²) in [5, 5.41) is 12.3. The topological polar surface area (TPSA) is 39.1 Å². The molecule has 1 atom stereocenters. The minimum Gasteiger partial charge on any atom is -0.301 e. The molecule has 90 valence electrons. The summed E-state index contributed by atoms with van der Waals surface area (Å²) in [6.07, 6.45) is 5.61. The SMILES string of the molecule is CCNC(C#N)CN(CC1CC1)CC1CC1. The van der Waals surface area contributed by atoms with Crippen LogP contribution in [0.25, 0.3) is 0 Å². The Morgan fingerprint density at radius 3 is 2.19 bits per heavy atom. The largest absolute Gasteiger partial charge is 0.301 e. The fourth-order valence-electron chi connectivity index (χ4n) is 2.21. The molecular weight excluding hydrogens is 198 g/mol. The van der Waals surface area contributed by atoms with E-state index in [-0.39, 0.29) is 6.04 Å².